The summed E-state index contributed by atoms with van der Waals surface area (Å²) < 4.78 is 11.0. The molecule has 306 valence electrons. The SMILES string of the molecule is CN(C)[C@@H](C(=O)Nc1ccc2cnccc2c1)c1ccc(COC(=O)C2CC2C(=O)OCC(=O)[C@@]2(O)CC[C@H]3[C@@H]4CCC5=CC(O)C=C[C@]5(C)[C@H]4[C@@H](O)C[C@@]32C)cc1. The summed E-state index contributed by atoms with van der Waals surface area (Å²) in [6.07, 6.45) is 10.7. The number of carbonyl (C=O) groups excluding carboxylic acids is 4. The van der Waals surface area contributed by atoms with E-state index in [2.05, 4.69) is 17.2 Å². The average Bonchev–Trinajstić information content (AvgIpc) is 3.95. The van der Waals surface area contributed by atoms with Crippen LogP contribution in [0, 0.1) is 40.4 Å². The van der Waals surface area contributed by atoms with Crippen molar-refractivity contribution in [2.45, 2.75) is 82.8 Å². The molecular weight excluding hydrogens is 739 g/mol. The van der Waals surface area contributed by atoms with E-state index < -0.39 is 70.8 Å². The highest BCUT2D eigenvalue weighted by Gasteiger charge is 2.68. The number of nitrogens with one attached hydrogen (secondary N) is 1. The van der Waals surface area contributed by atoms with Crippen LogP contribution in [-0.2, 0) is 35.3 Å². The first-order chi connectivity index (χ1) is 27.6. The summed E-state index contributed by atoms with van der Waals surface area (Å²) >= 11 is 0. The Hall–Kier alpha value is -4.75. The molecule has 1 amide bonds. The minimum atomic E-state index is -1.76. The molecule has 2 aromatic carbocycles. The smallest absolute Gasteiger partial charge is 0.310 e. The maximum absolute atomic E-state index is 13.7. The molecule has 12 heteroatoms. The fourth-order valence-electron chi connectivity index (χ4n) is 11.1. The number of fused-ring (bicyclic) bond motifs is 6. The number of anilines is 1. The number of nitrogens with zero attached hydrogens (tertiary/aromatic N) is 2. The number of ether oxygens (including phenoxy) is 2. The monoisotopic (exact) mass is 791 g/mol. The lowest BCUT2D eigenvalue weighted by molar-refractivity contribution is -0.181. The molecule has 0 spiro atoms. The second-order valence-corrected chi connectivity index (χ2v) is 17.9. The maximum Gasteiger partial charge on any atom is 0.310 e. The molecule has 0 saturated heterocycles. The first-order valence-electron chi connectivity index (χ1n) is 20.4. The van der Waals surface area contributed by atoms with Gasteiger partial charge >= 0.3 is 11.9 Å². The first-order valence-corrected chi connectivity index (χ1v) is 20.4. The number of Topliss-reactive ketones (excluding diaryl/α,β-unsaturated/α-hetero) is 1. The van der Waals surface area contributed by atoms with Crippen LogP contribution in [0.5, 0.6) is 0 Å². The Morgan fingerprint density at radius 3 is 2.45 bits per heavy atom. The van der Waals surface area contributed by atoms with Crippen LogP contribution in [0.4, 0.5) is 5.69 Å². The number of esters is 2. The minimum absolute atomic E-state index is 0.00352. The molecule has 4 N–H and O–H groups in total. The van der Waals surface area contributed by atoms with E-state index in [4.69, 9.17) is 9.47 Å². The van der Waals surface area contributed by atoms with Gasteiger partial charge in [-0.05, 0) is 99.2 Å². The van der Waals surface area contributed by atoms with Crippen molar-refractivity contribution in [1.29, 1.82) is 0 Å². The van der Waals surface area contributed by atoms with Gasteiger partial charge in [0.1, 0.15) is 18.2 Å². The molecule has 5 aliphatic carbocycles. The highest BCUT2D eigenvalue weighted by molar-refractivity contribution is 5.98. The number of aliphatic hydroxyl groups is 3. The number of aromatic nitrogens is 1. The standard InChI is InChI=1S/C46H53N3O9/c1-44-16-13-32(50)20-30(44)10-12-33-36-14-17-46(56,45(36,2)22-37(51)39(33)44)38(52)25-58-43(55)35-21-34(35)42(54)57-24-26-5-7-27(8-6-26)40(49(3)4)41(53)48-31-11-9-29-23-47-18-15-28(29)19-31/h5-9,11,13,15-16,18-20,23,32-37,39-40,50-51,56H,10,12,14,17,21-22,24-25H2,1-4H3,(H,48,53)/t32?,33-,34?,35?,36-,37-,39+,40+,44-,45-,46-/m0/s1. The number of aliphatic hydroxyl groups excluding tert-OH is 2. The summed E-state index contributed by atoms with van der Waals surface area (Å²) in [7, 11) is 3.65. The number of benzene rings is 2. The zero-order valence-electron chi connectivity index (χ0n) is 33.5. The predicted molar refractivity (Wildman–Crippen MR) is 215 cm³/mol. The number of likely N-dealkylation sites (N-methyl/N-ethyl adjacent to an activating group) is 1. The van der Waals surface area contributed by atoms with Gasteiger partial charge in [0, 0.05) is 40.2 Å². The lowest BCUT2D eigenvalue weighted by Crippen LogP contribution is -2.61. The molecule has 3 aromatic rings. The minimum Gasteiger partial charge on any atom is -0.461 e. The van der Waals surface area contributed by atoms with Crippen molar-refractivity contribution in [3.63, 3.8) is 0 Å². The topological polar surface area (TPSA) is 176 Å². The van der Waals surface area contributed by atoms with Gasteiger partial charge in [-0.1, -0.05) is 68.0 Å². The third-order valence-corrected chi connectivity index (χ3v) is 14.3. The zero-order chi connectivity index (χ0) is 41.1. The number of hydrogen-bond donors (Lipinski definition) is 4. The van der Waals surface area contributed by atoms with E-state index in [1.54, 1.807) is 30.6 Å². The van der Waals surface area contributed by atoms with E-state index in [0.29, 0.717) is 17.7 Å². The molecule has 3 unspecified atom stereocenters. The molecule has 4 fully saturated rings. The van der Waals surface area contributed by atoms with Crippen LogP contribution in [0.15, 0.2) is 84.7 Å². The Balaban J connectivity index is 0.821. The molecule has 0 radical (unpaired) electrons. The number of hydrogen-bond acceptors (Lipinski definition) is 11. The molecule has 1 heterocycles. The van der Waals surface area contributed by atoms with Crippen molar-refractivity contribution >= 4 is 40.1 Å². The van der Waals surface area contributed by atoms with Gasteiger partial charge in [0.15, 0.2) is 6.61 Å². The van der Waals surface area contributed by atoms with Gasteiger partial charge in [0.25, 0.3) is 0 Å². The second kappa shape index (κ2) is 15.1. The van der Waals surface area contributed by atoms with Gasteiger partial charge in [0.2, 0.25) is 11.7 Å². The van der Waals surface area contributed by atoms with Crippen molar-refractivity contribution in [3.8, 4) is 0 Å². The summed E-state index contributed by atoms with van der Waals surface area (Å²) in [6.45, 7) is 3.38. The van der Waals surface area contributed by atoms with E-state index >= 15 is 0 Å². The van der Waals surface area contributed by atoms with Crippen molar-refractivity contribution in [1.82, 2.24) is 9.88 Å². The second-order valence-electron chi connectivity index (χ2n) is 17.9. The third-order valence-electron chi connectivity index (χ3n) is 14.3. The van der Waals surface area contributed by atoms with Crippen LogP contribution in [0.1, 0.15) is 69.5 Å². The Morgan fingerprint density at radius 2 is 1.71 bits per heavy atom. The molecule has 8 rings (SSSR count). The number of amides is 1. The van der Waals surface area contributed by atoms with Crippen LogP contribution in [-0.4, -0.2) is 87.3 Å². The van der Waals surface area contributed by atoms with E-state index in [9.17, 15) is 34.5 Å². The Bertz CT molecular complexity index is 2190. The van der Waals surface area contributed by atoms with Gasteiger partial charge in [-0.25, -0.2) is 0 Å². The Morgan fingerprint density at radius 1 is 0.966 bits per heavy atom. The van der Waals surface area contributed by atoms with Crippen LogP contribution < -0.4 is 5.32 Å². The molecule has 5 aliphatic rings. The van der Waals surface area contributed by atoms with Crippen LogP contribution in [0.25, 0.3) is 10.8 Å². The number of allylic oxidation sites excluding steroid dienone is 2. The van der Waals surface area contributed by atoms with Gasteiger partial charge in [-0.3, -0.25) is 29.1 Å². The van der Waals surface area contributed by atoms with Crippen LogP contribution in [0.3, 0.4) is 0 Å². The largest absolute Gasteiger partial charge is 0.461 e. The normalized spacial score (nSPS) is 33.9. The summed E-state index contributed by atoms with van der Waals surface area (Å²) in [6, 6.07) is 14.2. The van der Waals surface area contributed by atoms with Gasteiger partial charge in [-0.15, -0.1) is 0 Å². The van der Waals surface area contributed by atoms with Crippen molar-refractivity contribution in [2.24, 2.45) is 40.4 Å². The number of ketones is 1. The van der Waals surface area contributed by atoms with Gasteiger partial charge in [0.05, 0.1) is 24.0 Å². The van der Waals surface area contributed by atoms with Gasteiger partial charge < -0.3 is 30.1 Å². The van der Waals surface area contributed by atoms with E-state index in [1.807, 2.05) is 74.5 Å². The van der Waals surface area contributed by atoms with E-state index in [0.717, 1.165) is 34.8 Å². The average molecular weight is 792 g/mol. The highest BCUT2D eigenvalue weighted by Crippen LogP contribution is 2.67. The summed E-state index contributed by atoms with van der Waals surface area (Å²) in [4.78, 5) is 59.0. The molecule has 58 heavy (non-hydrogen) atoms. The fraction of sp³-hybridized carbons (Fsp3) is 0.500. The van der Waals surface area contributed by atoms with Crippen LogP contribution >= 0.6 is 0 Å². The number of rotatable bonds is 11. The molecule has 4 saturated carbocycles. The Labute approximate surface area is 338 Å². The zero-order valence-corrected chi connectivity index (χ0v) is 33.5. The van der Waals surface area contributed by atoms with Crippen molar-refractivity contribution in [3.05, 3.63) is 95.9 Å². The maximum atomic E-state index is 13.7. The third kappa shape index (κ3) is 6.97. The molecular formula is C46H53N3O9. The summed E-state index contributed by atoms with van der Waals surface area (Å²) in [5.74, 6) is -3.41. The number of pyridine rings is 1. The van der Waals surface area contributed by atoms with Crippen LogP contribution in [0.2, 0.25) is 0 Å². The van der Waals surface area contributed by atoms with E-state index in [1.165, 1.54) is 0 Å². The lowest BCUT2D eigenvalue weighted by atomic mass is 9.46. The molecule has 0 bridgehead atoms. The summed E-state index contributed by atoms with van der Waals surface area (Å²) in [5.41, 5.74) is 0.226. The van der Waals surface area contributed by atoms with Crippen molar-refractivity contribution < 1.29 is 44.0 Å². The Kier molecular flexibility index (Phi) is 10.4. The van der Waals surface area contributed by atoms with E-state index in [-0.39, 0.29) is 49.5 Å². The predicted octanol–water partition coefficient (Wildman–Crippen LogP) is 5.07. The quantitative estimate of drug-likeness (QED) is 0.151. The fourth-order valence-corrected chi connectivity index (χ4v) is 11.1. The summed E-state index contributed by atoms with van der Waals surface area (Å²) in [5, 5.41) is 38.8. The molecule has 12 nitrogen and oxygen atoms in total. The molecule has 11 atom stereocenters. The van der Waals surface area contributed by atoms with Crippen molar-refractivity contribution in [2.75, 3.05) is 26.0 Å². The first kappa shape index (κ1) is 40.0. The number of carbonyl (C=O) groups is 4. The molecule has 0 aliphatic heterocycles. The highest BCUT2D eigenvalue weighted by atomic mass is 16.5. The van der Waals surface area contributed by atoms with Gasteiger partial charge in [-0.2, -0.15) is 0 Å². The lowest BCUT2D eigenvalue weighted by Gasteiger charge is -2.59. The molecule has 1 aromatic heterocycles.